The van der Waals surface area contributed by atoms with Crippen LogP contribution in [-0.4, -0.2) is 34.0 Å². The molecule has 1 aromatic carbocycles. The number of nitrogens with zero attached hydrogens (tertiary/aromatic N) is 3. The summed E-state index contributed by atoms with van der Waals surface area (Å²) in [5.41, 5.74) is 4.31. The van der Waals surface area contributed by atoms with Crippen molar-refractivity contribution in [1.82, 2.24) is 9.88 Å². The Morgan fingerprint density at radius 3 is 2.77 bits per heavy atom. The molecule has 5 nitrogen and oxygen atoms in total. The predicted molar refractivity (Wildman–Crippen MR) is 120 cm³/mol. The van der Waals surface area contributed by atoms with Crippen LogP contribution in [0.5, 0.6) is 0 Å². The Hall–Kier alpha value is -2.15. The third-order valence-corrected chi connectivity index (χ3v) is 7.52. The minimum absolute atomic E-state index is 0.162. The van der Waals surface area contributed by atoms with Crippen molar-refractivity contribution in [3.8, 4) is 0 Å². The lowest BCUT2D eigenvalue weighted by molar-refractivity contribution is -0.113. The molecule has 0 N–H and O–H groups in total. The number of halogens is 1. The largest absolute Gasteiger partial charge is 0.365 e. The first-order valence-electron chi connectivity index (χ1n) is 10.2. The Bertz CT molecular complexity index is 1060. The van der Waals surface area contributed by atoms with E-state index in [1.807, 2.05) is 13.0 Å². The van der Waals surface area contributed by atoms with Gasteiger partial charge in [-0.2, -0.15) is 4.99 Å². The number of pyridine rings is 1. The summed E-state index contributed by atoms with van der Waals surface area (Å²) < 4.78 is 6.26. The van der Waals surface area contributed by atoms with Gasteiger partial charge in [-0.3, -0.25) is 4.79 Å². The van der Waals surface area contributed by atoms with Crippen LogP contribution in [0.15, 0.2) is 52.5 Å². The predicted octanol–water partition coefficient (Wildman–Crippen LogP) is 5.01. The highest BCUT2D eigenvalue weighted by molar-refractivity contribution is 8.18. The molecule has 5 rings (SSSR count). The van der Waals surface area contributed by atoms with E-state index in [1.54, 1.807) is 12.3 Å². The van der Waals surface area contributed by atoms with Crippen molar-refractivity contribution in [2.45, 2.75) is 38.4 Å². The van der Waals surface area contributed by atoms with Gasteiger partial charge in [0.1, 0.15) is 5.15 Å². The van der Waals surface area contributed by atoms with Gasteiger partial charge in [0.25, 0.3) is 5.91 Å². The normalized spacial score (nSPS) is 21.7. The second kappa shape index (κ2) is 7.84. The highest BCUT2D eigenvalue weighted by Gasteiger charge is 2.43. The number of likely N-dealkylation sites (tertiary alicyclic amines) is 1. The summed E-state index contributed by atoms with van der Waals surface area (Å²) in [6.45, 7) is 4.38. The molecule has 7 heteroatoms. The molecule has 1 amide bonds. The van der Waals surface area contributed by atoms with E-state index < -0.39 is 0 Å². The molecule has 1 spiro atoms. The van der Waals surface area contributed by atoms with Crippen LogP contribution in [0.1, 0.15) is 42.9 Å². The Balaban J connectivity index is 1.33. The SMILES string of the molecule is CC/C(=C1/SC(N2CCC3(CC2)OCc2ccccc23)=NC1=O)c1ccc(Cl)nc1. The lowest BCUT2D eigenvalue weighted by atomic mass is 9.84. The molecule has 4 heterocycles. The van der Waals surface area contributed by atoms with Crippen LogP contribution >= 0.6 is 23.4 Å². The van der Waals surface area contributed by atoms with Crippen molar-refractivity contribution in [2.75, 3.05) is 13.1 Å². The monoisotopic (exact) mass is 439 g/mol. The molecule has 0 aliphatic carbocycles. The number of fused-ring (bicyclic) bond motifs is 2. The smallest absolute Gasteiger partial charge is 0.286 e. The second-order valence-electron chi connectivity index (χ2n) is 7.76. The van der Waals surface area contributed by atoms with Gasteiger partial charge < -0.3 is 9.64 Å². The van der Waals surface area contributed by atoms with E-state index >= 15 is 0 Å². The van der Waals surface area contributed by atoms with Crippen molar-refractivity contribution >= 4 is 40.0 Å². The van der Waals surface area contributed by atoms with Crippen LogP contribution in [0.4, 0.5) is 0 Å². The molecule has 1 aromatic heterocycles. The van der Waals surface area contributed by atoms with Crippen molar-refractivity contribution < 1.29 is 9.53 Å². The van der Waals surface area contributed by atoms with Crippen molar-refractivity contribution in [1.29, 1.82) is 0 Å². The van der Waals surface area contributed by atoms with E-state index in [1.165, 1.54) is 22.9 Å². The molecule has 0 unspecified atom stereocenters. The van der Waals surface area contributed by atoms with E-state index in [0.717, 1.165) is 48.7 Å². The minimum atomic E-state index is -0.191. The van der Waals surface area contributed by atoms with E-state index in [-0.39, 0.29) is 11.5 Å². The first-order valence-corrected chi connectivity index (χ1v) is 11.4. The molecule has 1 saturated heterocycles. The number of amides is 1. The number of hydrogen-bond acceptors (Lipinski definition) is 5. The maximum absolute atomic E-state index is 12.7. The van der Waals surface area contributed by atoms with Crippen molar-refractivity contribution in [3.63, 3.8) is 0 Å². The van der Waals surface area contributed by atoms with Gasteiger partial charge >= 0.3 is 0 Å². The number of piperidine rings is 1. The van der Waals surface area contributed by atoms with Crippen LogP contribution in [0.2, 0.25) is 5.15 Å². The zero-order valence-corrected chi connectivity index (χ0v) is 18.3. The zero-order valence-electron chi connectivity index (χ0n) is 16.7. The Morgan fingerprint density at radius 2 is 2.03 bits per heavy atom. The molecule has 1 fully saturated rings. The molecule has 3 aliphatic rings. The average Bonchev–Trinajstić information content (AvgIpc) is 3.32. The summed E-state index contributed by atoms with van der Waals surface area (Å²) in [6.07, 6.45) is 4.25. The number of benzene rings is 1. The van der Waals surface area contributed by atoms with Gasteiger partial charge in [-0.15, -0.1) is 0 Å². The van der Waals surface area contributed by atoms with Crippen LogP contribution in [0.25, 0.3) is 5.57 Å². The Kier molecular flexibility index (Phi) is 5.17. The van der Waals surface area contributed by atoms with Crippen LogP contribution in [0, 0.1) is 0 Å². The first kappa shape index (κ1) is 19.8. The summed E-state index contributed by atoms with van der Waals surface area (Å²) >= 11 is 7.39. The number of rotatable bonds is 2. The molecule has 30 heavy (non-hydrogen) atoms. The lowest BCUT2D eigenvalue weighted by Crippen LogP contribution is -2.44. The molecular formula is C23H22ClN3O2S. The number of aromatic nitrogens is 1. The van der Waals surface area contributed by atoms with Crippen LogP contribution < -0.4 is 0 Å². The number of aliphatic imine (C=N–C) groups is 1. The van der Waals surface area contributed by atoms with Crippen molar-refractivity contribution in [2.24, 2.45) is 4.99 Å². The lowest BCUT2D eigenvalue weighted by Gasteiger charge is -2.39. The third kappa shape index (κ3) is 3.37. The molecular weight excluding hydrogens is 418 g/mol. The molecule has 0 bridgehead atoms. The van der Waals surface area contributed by atoms with Gasteiger partial charge in [0.2, 0.25) is 0 Å². The first-order chi connectivity index (χ1) is 14.6. The van der Waals surface area contributed by atoms with Gasteiger partial charge in [-0.25, -0.2) is 4.98 Å². The van der Waals surface area contributed by atoms with Gasteiger partial charge in [0, 0.05) is 19.3 Å². The number of amidine groups is 1. The highest BCUT2D eigenvalue weighted by atomic mass is 35.5. The second-order valence-corrected chi connectivity index (χ2v) is 9.12. The molecule has 0 saturated carbocycles. The van der Waals surface area contributed by atoms with E-state index in [2.05, 4.69) is 39.1 Å². The van der Waals surface area contributed by atoms with Crippen molar-refractivity contribution in [3.05, 3.63) is 69.3 Å². The summed E-state index contributed by atoms with van der Waals surface area (Å²) in [7, 11) is 0. The van der Waals surface area contributed by atoms with Gasteiger partial charge in [0.15, 0.2) is 5.17 Å². The highest BCUT2D eigenvalue weighted by Crippen LogP contribution is 2.45. The summed E-state index contributed by atoms with van der Waals surface area (Å²) in [5.74, 6) is -0.162. The van der Waals surface area contributed by atoms with E-state index in [9.17, 15) is 4.79 Å². The standard InChI is InChI=1S/C23H22ClN3O2S/c1-2-17(15-7-8-19(24)25-13-15)20-21(28)26-22(30-20)27-11-9-23(10-12-27)18-6-4-3-5-16(18)14-29-23/h3-8,13H,2,9-12,14H2,1H3/b20-17-. The fourth-order valence-corrected chi connectivity index (χ4v) is 5.78. The molecule has 0 atom stereocenters. The fraction of sp³-hybridized carbons (Fsp3) is 0.348. The molecule has 154 valence electrons. The number of carbonyl (C=O) groups is 1. The summed E-state index contributed by atoms with van der Waals surface area (Å²) in [4.78, 5) is 24.2. The average molecular weight is 440 g/mol. The summed E-state index contributed by atoms with van der Waals surface area (Å²) in [5, 5.41) is 1.24. The van der Waals surface area contributed by atoms with E-state index in [0.29, 0.717) is 16.7 Å². The number of hydrogen-bond donors (Lipinski definition) is 0. The van der Waals surface area contributed by atoms with Gasteiger partial charge in [0.05, 0.1) is 17.1 Å². The number of carbonyl (C=O) groups excluding carboxylic acids is 1. The van der Waals surface area contributed by atoms with Crippen LogP contribution in [0.3, 0.4) is 0 Å². The topological polar surface area (TPSA) is 54.8 Å². The fourth-order valence-electron chi connectivity index (χ4n) is 4.53. The quantitative estimate of drug-likeness (QED) is 0.486. The Labute approximate surface area is 185 Å². The minimum Gasteiger partial charge on any atom is -0.365 e. The Morgan fingerprint density at radius 1 is 1.23 bits per heavy atom. The van der Waals surface area contributed by atoms with E-state index in [4.69, 9.17) is 16.3 Å². The van der Waals surface area contributed by atoms with Gasteiger partial charge in [-0.05, 0) is 59.4 Å². The number of thioether (sulfide) groups is 1. The van der Waals surface area contributed by atoms with Crippen LogP contribution in [-0.2, 0) is 21.7 Å². The zero-order chi connectivity index (χ0) is 20.7. The molecule has 3 aliphatic heterocycles. The molecule has 2 aromatic rings. The molecule has 0 radical (unpaired) electrons. The third-order valence-electron chi connectivity index (χ3n) is 6.14. The number of allylic oxidation sites excluding steroid dienone is 1. The number of ether oxygens (including phenoxy) is 1. The maximum atomic E-state index is 12.7. The maximum Gasteiger partial charge on any atom is 0.286 e. The van der Waals surface area contributed by atoms with Gasteiger partial charge in [-0.1, -0.05) is 48.9 Å². The summed E-state index contributed by atoms with van der Waals surface area (Å²) in [6, 6.07) is 12.2.